The van der Waals surface area contributed by atoms with Crippen molar-refractivity contribution in [3.8, 4) is 22.3 Å². The van der Waals surface area contributed by atoms with Gasteiger partial charge in [0.2, 0.25) is 0 Å². The molecule has 0 amide bonds. The third-order valence-electron chi connectivity index (χ3n) is 13.5. The monoisotopic (exact) mass is 829 g/mol. The van der Waals surface area contributed by atoms with Crippen LogP contribution in [0.2, 0.25) is 0 Å². The maximum Gasteiger partial charge on any atom is 0.160 e. The van der Waals surface area contributed by atoms with Crippen molar-refractivity contribution in [2.24, 2.45) is 15.0 Å². The molecule has 5 heteroatoms. The average molecular weight is 830 g/mol. The first-order chi connectivity index (χ1) is 31.3. The van der Waals surface area contributed by atoms with E-state index in [4.69, 9.17) is 15.0 Å². The minimum Gasteiger partial charge on any atom is -0.333 e. The fraction of sp³-hybridized carbons (Fsp3) is 0.136. The number of rotatable bonds is 11. The number of hydrogen-bond donors (Lipinski definition) is 0. The Morgan fingerprint density at radius 3 is 1.91 bits per heavy atom. The third kappa shape index (κ3) is 6.54. The van der Waals surface area contributed by atoms with Gasteiger partial charge in [-0.05, 0) is 87.7 Å². The zero-order valence-electron chi connectivity index (χ0n) is 36.9. The van der Waals surface area contributed by atoms with Crippen LogP contribution in [0.1, 0.15) is 82.3 Å². The van der Waals surface area contributed by atoms with Crippen LogP contribution in [0.15, 0.2) is 228 Å². The molecule has 0 saturated carbocycles. The lowest BCUT2D eigenvalue weighted by Gasteiger charge is -2.34. The van der Waals surface area contributed by atoms with Gasteiger partial charge in [-0.15, -0.1) is 0 Å². The Labute approximate surface area is 377 Å². The van der Waals surface area contributed by atoms with Crippen LogP contribution < -0.4 is 0 Å². The van der Waals surface area contributed by atoms with E-state index in [-0.39, 0.29) is 18.4 Å². The smallest absolute Gasteiger partial charge is 0.160 e. The molecule has 2 aliphatic carbocycles. The molecule has 312 valence electrons. The molecule has 3 aliphatic rings. The lowest BCUT2D eigenvalue weighted by atomic mass is 9.70. The average Bonchev–Trinajstić information content (AvgIpc) is 3.83. The number of amidine groups is 2. The SMILES string of the molecule is C=C/C=C\C(=C)C(C)=NC(c1ccccc1)N(C)C(C)c1cccc2c1-c1ccccc1C21c2ccccc2-c2c(C3=NC(c4ccccc4)N(C)C(c4ccccc4)=N3)cccc21. The highest BCUT2D eigenvalue weighted by Crippen LogP contribution is 2.64. The predicted octanol–water partition coefficient (Wildman–Crippen LogP) is 13.3. The van der Waals surface area contributed by atoms with E-state index in [1.54, 1.807) is 6.08 Å². The Morgan fingerprint density at radius 2 is 1.23 bits per heavy atom. The van der Waals surface area contributed by atoms with E-state index in [9.17, 15) is 0 Å². The lowest BCUT2D eigenvalue weighted by molar-refractivity contribution is 0.192. The molecule has 1 spiro atoms. The number of nitrogens with zero attached hydrogens (tertiary/aromatic N) is 5. The van der Waals surface area contributed by atoms with Crippen LogP contribution in [0.3, 0.4) is 0 Å². The van der Waals surface area contributed by atoms with E-state index in [0.717, 1.165) is 45.2 Å². The highest BCUT2D eigenvalue weighted by molar-refractivity contribution is 6.16. The standard InChI is InChI=1S/C59H51N5/c1-7-8-24-39(2)40(3)60-56(42-25-12-9-13-26-42)63(5)41(4)45-33-22-37-51-53(45)46-31-18-20-35-49(46)59(51)50-36-21-19-32-47(50)54-48(34-23-38-52(54)59)55-61-57(43-27-14-10-15-28-43)64(6)58(62-55)44-29-16-11-17-30-44/h7-38,41,56-57H,1-2H2,3-6H3/b24-8-,60-40?. The van der Waals surface area contributed by atoms with Crippen molar-refractivity contribution >= 4 is 17.4 Å². The molecular weight excluding hydrogens is 779 g/mol. The molecule has 0 bridgehead atoms. The van der Waals surface area contributed by atoms with Gasteiger partial charge in [-0.2, -0.15) is 0 Å². The first kappa shape index (κ1) is 40.6. The topological polar surface area (TPSA) is 43.6 Å². The molecule has 0 fully saturated rings. The van der Waals surface area contributed by atoms with Gasteiger partial charge in [0.1, 0.15) is 18.2 Å². The Morgan fingerprint density at radius 1 is 0.688 bits per heavy atom. The third-order valence-corrected chi connectivity index (χ3v) is 13.5. The number of allylic oxidation sites excluding steroid dienone is 4. The molecule has 1 heterocycles. The Bertz CT molecular complexity index is 3050. The van der Waals surface area contributed by atoms with E-state index >= 15 is 0 Å². The second kappa shape index (κ2) is 16.7. The largest absolute Gasteiger partial charge is 0.333 e. The van der Waals surface area contributed by atoms with Crippen LogP contribution in [-0.2, 0) is 5.41 Å². The number of benzene rings is 7. The number of hydrogen-bond acceptors (Lipinski definition) is 5. The van der Waals surface area contributed by atoms with E-state index in [1.165, 1.54) is 50.1 Å². The van der Waals surface area contributed by atoms with Crippen LogP contribution in [0.5, 0.6) is 0 Å². The van der Waals surface area contributed by atoms with Crippen LogP contribution in [0.25, 0.3) is 22.3 Å². The van der Waals surface area contributed by atoms with E-state index < -0.39 is 5.41 Å². The Hall–Kier alpha value is -7.47. The van der Waals surface area contributed by atoms with Gasteiger partial charge in [-0.25, -0.2) is 9.98 Å². The van der Waals surface area contributed by atoms with Crippen LogP contribution >= 0.6 is 0 Å². The van der Waals surface area contributed by atoms with Crippen molar-refractivity contribution in [2.75, 3.05) is 14.1 Å². The van der Waals surface area contributed by atoms with Crippen LogP contribution in [-0.4, -0.2) is 41.3 Å². The first-order valence-corrected chi connectivity index (χ1v) is 22.1. The van der Waals surface area contributed by atoms with Gasteiger partial charge < -0.3 is 4.90 Å². The second-order valence-corrected chi connectivity index (χ2v) is 16.9. The summed E-state index contributed by atoms with van der Waals surface area (Å²) in [5.74, 6) is 1.62. The second-order valence-electron chi connectivity index (χ2n) is 16.9. The van der Waals surface area contributed by atoms with Crippen LogP contribution in [0, 0.1) is 0 Å². The van der Waals surface area contributed by atoms with E-state index in [0.29, 0.717) is 0 Å². The molecule has 0 saturated heterocycles. The van der Waals surface area contributed by atoms with Gasteiger partial charge in [0.05, 0.1) is 5.41 Å². The molecule has 4 atom stereocenters. The maximum absolute atomic E-state index is 5.50. The van der Waals surface area contributed by atoms with Gasteiger partial charge in [0.25, 0.3) is 0 Å². The number of aliphatic imine (C=N–C) groups is 3. The summed E-state index contributed by atoms with van der Waals surface area (Å²) in [6, 6.07) is 63.3. The van der Waals surface area contributed by atoms with E-state index in [1.807, 2.05) is 19.1 Å². The van der Waals surface area contributed by atoms with Crippen molar-refractivity contribution in [2.45, 2.75) is 37.6 Å². The van der Waals surface area contributed by atoms with Crippen molar-refractivity contribution in [3.63, 3.8) is 0 Å². The first-order valence-electron chi connectivity index (χ1n) is 22.1. The molecule has 0 N–H and O–H groups in total. The van der Waals surface area contributed by atoms with Gasteiger partial charge >= 0.3 is 0 Å². The fourth-order valence-electron chi connectivity index (χ4n) is 10.3. The number of fused-ring (bicyclic) bond motifs is 10. The zero-order valence-corrected chi connectivity index (χ0v) is 36.9. The minimum atomic E-state index is -0.568. The normalized spacial score (nSPS) is 18.2. The van der Waals surface area contributed by atoms with Crippen molar-refractivity contribution in [1.82, 2.24) is 9.80 Å². The molecule has 7 aromatic carbocycles. The fourth-order valence-corrected chi connectivity index (χ4v) is 10.3. The quantitative estimate of drug-likeness (QED) is 0.0963. The van der Waals surface area contributed by atoms with Crippen molar-refractivity contribution in [1.29, 1.82) is 0 Å². The zero-order chi connectivity index (χ0) is 44.0. The summed E-state index contributed by atoms with van der Waals surface area (Å²) in [5.41, 5.74) is 16.8. The maximum atomic E-state index is 5.50. The molecule has 10 rings (SSSR count). The Kier molecular flexibility index (Phi) is 10.6. The molecule has 4 unspecified atom stereocenters. The summed E-state index contributed by atoms with van der Waals surface area (Å²) in [5, 5.41) is 0. The van der Waals surface area contributed by atoms with Crippen molar-refractivity contribution < 1.29 is 0 Å². The highest BCUT2D eigenvalue weighted by atomic mass is 15.3. The van der Waals surface area contributed by atoms with Gasteiger partial charge in [-0.3, -0.25) is 9.89 Å². The molecule has 0 aromatic heterocycles. The van der Waals surface area contributed by atoms with E-state index in [2.05, 4.69) is 220 Å². The Balaban J connectivity index is 1.16. The summed E-state index contributed by atoms with van der Waals surface area (Å²) >= 11 is 0. The summed E-state index contributed by atoms with van der Waals surface area (Å²) < 4.78 is 0. The van der Waals surface area contributed by atoms with Crippen molar-refractivity contribution in [3.05, 3.63) is 263 Å². The molecule has 7 aromatic rings. The molecule has 0 radical (unpaired) electrons. The summed E-state index contributed by atoms with van der Waals surface area (Å²) in [6.07, 6.45) is 5.14. The summed E-state index contributed by atoms with van der Waals surface area (Å²) in [6.45, 7) is 12.5. The van der Waals surface area contributed by atoms with Crippen LogP contribution in [0.4, 0.5) is 0 Å². The molecule has 1 aliphatic heterocycles. The predicted molar refractivity (Wildman–Crippen MR) is 266 cm³/mol. The lowest BCUT2D eigenvalue weighted by Crippen LogP contribution is -2.35. The van der Waals surface area contributed by atoms with Gasteiger partial charge in [0, 0.05) is 29.9 Å². The van der Waals surface area contributed by atoms with Gasteiger partial charge in [-0.1, -0.05) is 207 Å². The minimum absolute atomic E-state index is 0.0198. The highest BCUT2D eigenvalue weighted by Gasteiger charge is 2.53. The molecule has 64 heavy (non-hydrogen) atoms. The molecular formula is C59H51N5. The summed E-state index contributed by atoms with van der Waals surface area (Å²) in [4.78, 5) is 20.9. The summed E-state index contributed by atoms with van der Waals surface area (Å²) in [7, 11) is 4.29. The van der Waals surface area contributed by atoms with Gasteiger partial charge in [0.15, 0.2) is 5.84 Å². The molecule has 5 nitrogen and oxygen atoms in total.